The lowest BCUT2D eigenvalue weighted by Crippen LogP contribution is -2.45. The summed E-state index contributed by atoms with van der Waals surface area (Å²) in [6.07, 6.45) is -9.49. The molecule has 5 rings (SSSR count). The zero-order chi connectivity index (χ0) is 32.1. The number of benzene rings is 5. The molecule has 5 aromatic carbocycles. The van der Waals surface area contributed by atoms with Crippen molar-refractivity contribution in [1.29, 1.82) is 0 Å². The van der Waals surface area contributed by atoms with Gasteiger partial charge in [0.15, 0.2) is 0 Å². The van der Waals surface area contributed by atoms with Gasteiger partial charge in [-0.1, -0.05) is 84.9 Å². The van der Waals surface area contributed by atoms with Gasteiger partial charge in [-0.15, -0.1) is 0 Å². The second-order valence-corrected chi connectivity index (χ2v) is 14.2. The van der Waals surface area contributed by atoms with E-state index >= 15 is 0 Å². The second-order valence-electron chi connectivity index (χ2n) is 10.7. The first-order chi connectivity index (χ1) is 21.5. The lowest BCUT2D eigenvalue weighted by atomic mass is 10.0. The van der Waals surface area contributed by atoms with Crippen LogP contribution in [0.5, 0.6) is 0 Å². The van der Waals surface area contributed by atoms with Crippen molar-refractivity contribution < 1.29 is 31.1 Å². The number of carbonyl (C=O) groups is 1. The highest BCUT2D eigenvalue weighted by atomic mass is 31.2. The molecule has 0 fully saturated rings. The first-order valence-corrected chi connectivity index (χ1v) is 16.1. The molecule has 45 heavy (non-hydrogen) atoms. The molecule has 5 aromatic rings. The standard InChI is InChI=1S/C36H28F6NOP/c37-35(38,39)28-22-27(23-29(24-28)36(40,41)42)34(44)43-30(21-26-13-5-1-6-14-26)25-45(31-15-7-2-8-16-31,32-17-9-3-10-18-32)33-19-11-4-12-20-33/h1-20,22-24,30H,21,25H2/p+1/t30-/m0/s1. The highest BCUT2D eigenvalue weighted by Gasteiger charge is 2.47. The highest BCUT2D eigenvalue weighted by Crippen LogP contribution is 2.56. The Kier molecular flexibility index (Phi) is 9.45. The van der Waals surface area contributed by atoms with Crippen LogP contribution in [-0.2, 0) is 18.8 Å². The van der Waals surface area contributed by atoms with E-state index in [2.05, 4.69) is 5.32 Å². The minimum absolute atomic E-state index is 0.0228. The molecule has 0 bridgehead atoms. The Morgan fingerprint density at radius 3 is 1.33 bits per heavy atom. The maximum atomic E-state index is 13.7. The molecule has 0 radical (unpaired) electrons. The first-order valence-electron chi connectivity index (χ1n) is 14.2. The molecule has 230 valence electrons. The van der Waals surface area contributed by atoms with Crippen molar-refractivity contribution in [2.75, 3.05) is 6.16 Å². The average Bonchev–Trinajstić information content (AvgIpc) is 3.04. The molecule has 0 aliphatic rings. The smallest absolute Gasteiger partial charge is 0.345 e. The van der Waals surface area contributed by atoms with E-state index in [1.165, 1.54) is 0 Å². The Morgan fingerprint density at radius 2 is 0.956 bits per heavy atom. The third-order valence-corrected chi connectivity index (χ3v) is 12.1. The number of hydrogen-bond acceptors (Lipinski definition) is 1. The van der Waals surface area contributed by atoms with Gasteiger partial charge in [0.2, 0.25) is 0 Å². The zero-order valence-corrected chi connectivity index (χ0v) is 24.8. The van der Waals surface area contributed by atoms with E-state index < -0.39 is 48.3 Å². The van der Waals surface area contributed by atoms with Crippen LogP contribution in [0.1, 0.15) is 27.0 Å². The molecule has 0 saturated heterocycles. The van der Waals surface area contributed by atoms with Crippen LogP contribution in [0, 0.1) is 0 Å². The molecule has 0 heterocycles. The summed E-state index contributed by atoms with van der Waals surface area (Å²) in [4.78, 5) is 13.7. The van der Waals surface area contributed by atoms with Crippen molar-refractivity contribution >= 4 is 29.1 Å². The molecule has 0 aromatic heterocycles. The number of amides is 1. The van der Waals surface area contributed by atoms with E-state index in [-0.39, 0.29) is 6.07 Å². The summed E-state index contributed by atoms with van der Waals surface area (Å²) >= 11 is 0. The molecule has 0 unspecified atom stereocenters. The highest BCUT2D eigenvalue weighted by molar-refractivity contribution is 7.95. The summed E-state index contributed by atoms with van der Waals surface area (Å²) in [5.74, 6) is -1.01. The Morgan fingerprint density at radius 1 is 0.578 bits per heavy atom. The topological polar surface area (TPSA) is 29.1 Å². The van der Waals surface area contributed by atoms with Crippen molar-refractivity contribution in [3.8, 4) is 0 Å². The maximum Gasteiger partial charge on any atom is 0.416 e. The molecule has 0 spiro atoms. The summed E-state index contributed by atoms with van der Waals surface area (Å²) in [5, 5.41) is 5.92. The first kappa shape index (κ1) is 32.0. The number of hydrogen-bond donors (Lipinski definition) is 1. The van der Waals surface area contributed by atoms with Crippen LogP contribution in [0.25, 0.3) is 0 Å². The van der Waals surface area contributed by atoms with E-state index in [1.807, 2.05) is 121 Å². The van der Waals surface area contributed by atoms with Crippen LogP contribution in [-0.4, -0.2) is 18.1 Å². The Hall–Kier alpha value is -4.42. The van der Waals surface area contributed by atoms with E-state index in [4.69, 9.17) is 0 Å². The van der Waals surface area contributed by atoms with Crippen molar-refractivity contribution in [2.24, 2.45) is 0 Å². The minimum Gasteiger partial charge on any atom is -0.345 e. The van der Waals surface area contributed by atoms with Crippen molar-refractivity contribution in [1.82, 2.24) is 5.32 Å². The normalized spacial score (nSPS) is 12.8. The van der Waals surface area contributed by atoms with Gasteiger partial charge in [-0.05, 0) is 66.6 Å². The van der Waals surface area contributed by atoms with Gasteiger partial charge in [0.25, 0.3) is 5.91 Å². The fourth-order valence-electron chi connectivity index (χ4n) is 5.56. The lowest BCUT2D eigenvalue weighted by molar-refractivity contribution is -0.143. The molecular weight excluding hydrogens is 607 g/mol. The van der Waals surface area contributed by atoms with E-state index in [0.717, 1.165) is 21.5 Å². The summed E-state index contributed by atoms with van der Waals surface area (Å²) in [6, 6.07) is 39.0. The van der Waals surface area contributed by atoms with Crippen LogP contribution in [0.4, 0.5) is 26.3 Å². The summed E-state index contributed by atoms with van der Waals surface area (Å²) in [5.41, 5.74) is -2.93. The van der Waals surface area contributed by atoms with Gasteiger partial charge < -0.3 is 5.32 Å². The third-order valence-electron chi connectivity index (χ3n) is 7.60. The minimum atomic E-state index is -5.08. The van der Waals surface area contributed by atoms with Crippen LogP contribution in [0.15, 0.2) is 140 Å². The Balaban J connectivity index is 1.65. The van der Waals surface area contributed by atoms with E-state index in [9.17, 15) is 31.1 Å². The van der Waals surface area contributed by atoms with E-state index in [1.54, 1.807) is 0 Å². The van der Waals surface area contributed by atoms with Gasteiger partial charge in [-0.3, -0.25) is 4.79 Å². The van der Waals surface area contributed by atoms with Crippen molar-refractivity contribution in [3.05, 3.63) is 162 Å². The summed E-state index contributed by atoms with van der Waals surface area (Å²) in [7, 11) is -2.54. The summed E-state index contributed by atoms with van der Waals surface area (Å²) < 4.78 is 81.8. The largest absolute Gasteiger partial charge is 0.416 e. The van der Waals surface area contributed by atoms with Crippen LogP contribution in [0.2, 0.25) is 0 Å². The summed E-state index contributed by atoms with van der Waals surface area (Å²) in [6.45, 7) is 0. The Labute approximate surface area is 258 Å². The molecule has 1 atom stereocenters. The monoisotopic (exact) mass is 636 g/mol. The zero-order valence-electron chi connectivity index (χ0n) is 23.9. The average molecular weight is 637 g/mol. The number of carbonyl (C=O) groups excluding carboxylic acids is 1. The molecule has 1 N–H and O–H groups in total. The molecule has 0 aliphatic heterocycles. The second kappa shape index (κ2) is 13.3. The number of rotatable bonds is 9. The fourth-order valence-corrected chi connectivity index (χ4v) is 10.0. The SMILES string of the molecule is O=C(N[C@@H](Cc1ccccc1)C[P+](c1ccccc1)(c1ccccc1)c1ccccc1)c1cc(C(F)(F)F)cc(C(F)(F)F)c1. The number of alkyl halides is 6. The predicted molar refractivity (Wildman–Crippen MR) is 168 cm³/mol. The number of nitrogens with one attached hydrogen (secondary N) is 1. The van der Waals surface area contributed by atoms with Gasteiger partial charge in [-0.25, -0.2) is 0 Å². The fraction of sp³-hybridized carbons (Fsp3) is 0.139. The van der Waals surface area contributed by atoms with E-state index in [0.29, 0.717) is 24.7 Å². The van der Waals surface area contributed by atoms with Crippen LogP contribution < -0.4 is 21.2 Å². The molecule has 9 heteroatoms. The third kappa shape index (κ3) is 7.46. The number of halogens is 6. The maximum absolute atomic E-state index is 13.7. The molecule has 0 saturated carbocycles. The van der Waals surface area contributed by atoms with Crippen molar-refractivity contribution in [3.63, 3.8) is 0 Å². The van der Waals surface area contributed by atoms with Crippen LogP contribution in [0.3, 0.4) is 0 Å². The molecule has 1 amide bonds. The quantitative estimate of drug-likeness (QED) is 0.129. The van der Waals surface area contributed by atoms with Gasteiger partial charge >= 0.3 is 12.4 Å². The van der Waals surface area contributed by atoms with Crippen LogP contribution >= 0.6 is 7.26 Å². The lowest BCUT2D eigenvalue weighted by Gasteiger charge is -2.31. The van der Waals surface area contributed by atoms with Gasteiger partial charge in [0.05, 0.1) is 23.3 Å². The molecular formula is C36H29F6NOP+. The Bertz CT molecular complexity index is 1580. The molecule has 2 nitrogen and oxygen atoms in total. The van der Waals surface area contributed by atoms with Gasteiger partial charge in [-0.2, -0.15) is 26.3 Å². The van der Waals surface area contributed by atoms with Gasteiger partial charge in [0, 0.05) is 5.56 Å². The van der Waals surface area contributed by atoms with Crippen molar-refractivity contribution in [2.45, 2.75) is 24.8 Å². The molecule has 0 aliphatic carbocycles. The predicted octanol–water partition coefficient (Wildman–Crippen LogP) is 8.06. The van der Waals surface area contributed by atoms with Gasteiger partial charge in [0.1, 0.15) is 23.2 Å².